The van der Waals surface area contributed by atoms with Crippen molar-refractivity contribution in [3.05, 3.63) is 78.0 Å². The van der Waals surface area contributed by atoms with E-state index in [4.69, 9.17) is 23.7 Å². The van der Waals surface area contributed by atoms with Crippen molar-refractivity contribution >= 4 is 28.7 Å². The highest BCUT2D eigenvalue weighted by atomic mass is 19.4. The molecule has 232 valence electrons. The van der Waals surface area contributed by atoms with Crippen LogP contribution in [0.25, 0.3) is 16.6 Å². The SMILES string of the molecule is CCOC(=O)Cc1c(OC(=O)OCC)c2cc(Oc3ccc(C(F)(F)F)cc3)ccc2n1-c1ccc(N2CCOCC2)cc1. The van der Waals surface area contributed by atoms with E-state index in [0.717, 1.165) is 30.9 Å². The number of anilines is 1. The van der Waals surface area contributed by atoms with Gasteiger partial charge in [0.15, 0.2) is 5.75 Å². The van der Waals surface area contributed by atoms with Gasteiger partial charge >= 0.3 is 18.3 Å². The lowest BCUT2D eigenvalue weighted by Gasteiger charge is -2.29. The molecule has 3 aromatic carbocycles. The summed E-state index contributed by atoms with van der Waals surface area (Å²) >= 11 is 0. The van der Waals surface area contributed by atoms with Crippen molar-refractivity contribution in [2.45, 2.75) is 26.4 Å². The standard InChI is InChI=1S/C32H31F3N2O7/c1-3-41-29(38)20-28-30(44-31(39)42-4-2)26-19-25(43-24-11-5-21(6-12-24)32(33,34)35)13-14-27(26)37(28)23-9-7-22(8-10-23)36-15-17-40-18-16-36/h5-14,19H,3-4,15-18,20H2,1-2H3. The summed E-state index contributed by atoms with van der Waals surface area (Å²) in [7, 11) is 0. The number of hydrogen-bond donors (Lipinski definition) is 0. The van der Waals surface area contributed by atoms with Crippen LogP contribution in [0.1, 0.15) is 25.1 Å². The van der Waals surface area contributed by atoms with E-state index in [-0.39, 0.29) is 36.9 Å². The molecule has 5 rings (SSSR count). The molecule has 0 aliphatic carbocycles. The minimum absolute atomic E-state index is 0.0654. The Morgan fingerprint density at radius 3 is 2.11 bits per heavy atom. The average molecular weight is 613 g/mol. The second-order valence-electron chi connectivity index (χ2n) is 9.80. The molecule has 0 atom stereocenters. The van der Waals surface area contributed by atoms with Crippen molar-refractivity contribution in [2.75, 3.05) is 44.4 Å². The largest absolute Gasteiger partial charge is 0.513 e. The highest BCUT2D eigenvalue weighted by Crippen LogP contribution is 2.40. The summed E-state index contributed by atoms with van der Waals surface area (Å²) in [5, 5.41) is 0.416. The van der Waals surface area contributed by atoms with E-state index >= 15 is 0 Å². The van der Waals surface area contributed by atoms with Gasteiger partial charge in [-0.3, -0.25) is 4.79 Å². The summed E-state index contributed by atoms with van der Waals surface area (Å²) in [6.07, 6.45) is -5.67. The van der Waals surface area contributed by atoms with Gasteiger partial charge < -0.3 is 33.2 Å². The van der Waals surface area contributed by atoms with Crippen molar-refractivity contribution in [2.24, 2.45) is 0 Å². The molecule has 1 aliphatic heterocycles. The van der Waals surface area contributed by atoms with Crippen LogP contribution in [0.15, 0.2) is 66.7 Å². The third-order valence-electron chi connectivity index (χ3n) is 6.95. The normalized spacial score (nSPS) is 13.5. The smallest absolute Gasteiger partial charge is 0.466 e. The zero-order chi connectivity index (χ0) is 31.3. The molecule has 1 fully saturated rings. The average Bonchev–Trinajstić information content (AvgIpc) is 3.29. The molecule has 4 aromatic rings. The molecule has 0 bridgehead atoms. The molecule has 1 saturated heterocycles. The fraction of sp³-hybridized carbons (Fsp3) is 0.312. The van der Waals surface area contributed by atoms with Gasteiger partial charge in [-0.05, 0) is 80.6 Å². The van der Waals surface area contributed by atoms with Crippen LogP contribution in [0.5, 0.6) is 17.2 Å². The third-order valence-corrected chi connectivity index (χ3v) is 6.95. The number of aromatic nitrogens is 1. The van der Waals surface area contributed by atoms with Crippen molar-refractivity contribution in [3.8, 4) is 22.9 Å². The number of nitrogens with zero attached hydrogens (tertiary/aromatic N) is 2. The number of carbonyl (C=O) groups excluding carboxylic acids is 2. The maximum absolute atomic E-state index is 13.0. The Bertz CT molecular complexity index is 1610. The summed E-state index contributed by atoms with van der Waals surface area (Å²) in [5.74, 6) is -0.0124. The second kappa shape index (κ2) is 13.3. The molecule has 1 aliphatic rings. The lowest BCUT2D eigenvalue weighted by molar-refractivity contribution is -0.142. The van der Waals surface area contributed by atoms with E-state index < -0.39 is 23.9 Å². The summed E-state index contributed by atoms with van der Waals surface area (Å²) in [6.45, 7) is 6.35. The molecule has 44 heavy (non-hydrogen) atoms. The van der Waals surface area contributed by atoms with Gasteiger partial charge in [-0.1, -0.05) is 0 Å². The maximum Gasteiger partial charge on any atom is 0.513 e. The minimum Gasteiger partial charge on any atom is -0.466 e. The monoisotopic (exact) mass is 612 g/mol. The third kappa shape index (κ3) is 6.91. The van der Waals surface area contributed by atoms with Gasteiger partial charge in [-0.15, -0.1) is 0 Å². The van der Waals surface area contributed by atoms with E-state index in [1.54, 1.807) is 36.6 Å². The van der Waals surface area contributed by atoms with Crippen molar-refractivity contribution in [1.29, 1.82) is 0 Å². The van der Waals surface area contributed by atoms with Crippen LogP contribution >= 0.6 is 0 Å². The Labute approximate surface area is 251 Å². The Morgan fingerprint density at radius 2 is 1.48 bits per heavy atom. The molecule has 0 unspecified atom stereocenters. The number of esters is 1. The number of halogens is 3. The zero-order valence-corrected chi connectivity index (χ0v) is 24.2. The number of alkyl halides is 3. The van der Waals surface area contributed by atoms with Crippen LogP contribution in [-0.4, -0.2) is 56.2 Å². The molecule has 0 saturated carbocycles. The number of rotatable bonds is 9. The molecule has 2 heterocycles. The first-order valence-corrected chi connectivity index (χ1v) is 14.1. The number of benzene rings is 3. The Morgan fingerprint density at radius 1 is 0.841 bits per heavy atom. The van der Waals surface area contributed by atoms with Gasteiger partial charge in [0.05, 0.1) is 49.6 Å². The summed E-state index contributed by atoms with van der Waals surface area (Å²) in [6, 6.07) is 17.0. The Balaban J connectivity index is 1.60. The van der Waals surface area contributed by atoms with Gasteiger partial charge in [0.2, 0.25) is 0 Å². The minimum atomic E-state index is -4.48. The summed E-state index contributed by atoms with van der Waals surface area (Å²) in [5.41, 5.74) is 1.84. The molecule has 9 nitrogen and oxygen atoms in total. The first kappa shape index (κ1) is 30.7. The molecule has 12 heteroatoms. The molecular weight excluding hydrogens is 581 g/mol. The van der Waals surface area contributed by atoms with E-state index in [9.17, 15) is 22.8 Å². The van der Waals surface area contributed by atoms with Crippen molar-refractivity contribution in [1.82, 2.24) is 4.57 Å². The van der Waals surface area contributed by atoms with Gasteiger partial charge in [-0.2, -0.15) is 13.2 Å². The number of morpholine rings is 1. The summed E-state index contributed by atoms with van der Waals surface area (Å²) in [4.78, 5) is 27.5. The van der Waals surface area contributed by atoms with Crippen LogP contribution in [0.3, 0.4) is 0 Å². The van der Waals surface area contributed by atoms with E-state index in [1.165, 1.54) is 12.1 Å². The lowest BCUT2D eigenvalue weighted by atomic mass is 10.2. The van der Waals surface area contributed by atoms with Crippen molar-refractivity contribution < 1.29 is 46.4 Å². The second-order valence-corrected chi connectivity index (χ2v) is 9.80. The van der Waals surface area contributed by atoms with E-state index in [1.807, 2.05) is 24.3 Å². The first-order chi connectivity index (χ1) is 21.2. The predicted molar refractivity (Wildman–Crippen MR) is 156 cm³/mol. The van der Waals surface area contributed by atoms with Crippen molar-refractivity contribution in [3.63, 3.8) is 0 Å². The fourth-order valence-corrected chi connectivity index (χ4v) is 4.99. The highest BCUT2D eigenvalue weighted by Gasteiger charge is 2.30. The van der Waals surface area contributed by atoms with Crippen LogP contribution in [0.2, 0.25) is 0 Å². The number of carbonyl (C=O) groups is 2. The highest BCUT2D eigenvalue weighted by molar-refractivity contribution is 5.94. The molecule has 0 spiro atoms. The van der Waals surface area contributed by atoms with E-state index in [0.29, 0.717) is 35.5 Å². The van der Waals surface area contributed by atoms with Gasteiger partial charge in [-0.25, -0.2) is 4.79 Å². The Hall–Kier alpha value is -4.71. The first-order valence-electron chi connectivity index (χ1n) is 14.1. The molecular formula is C32H31F3N2O7. The topological polar surface area (TPSA) is 88.5 Å². The quantitative estimate of drug-likeness (QED) is 0.188. The maximum atomic E-state index is 13.0. The number of fused-ring (bicyclic) bond motifs is 1. The molecule has 0 radical (unpaired) electrons. The van der Waals surface area contributed by atoms with Gasteiger partial charge in [0.1, 0.15) is 11.5 Å². The number of ether oxygens (including phenoxy) is 5. The molecule has 0 amide bonds. The van der Waals surface area contributed by atoms with Crippen LogP contribution in [0.4, 0.5) is 23.7 Å². The van der Waals surface area contributed by atoms with Crippen LogP contribution < -0.4 is 14.4 Å². The number of hydrogen-bond acceptors (Lipinski definition) is 8. The van der Waals surface area contributed by atoms with Gasteiger partial charge in [0, 0.05) is 29.9 Å². The lowest BCUT2D eigenvalue weighted by Crippen LogP contribution is -2.36. The van der Waals surface area contributed by atoms with E-state index in [2.05, 4.69) is 4.90 Å². The zero-order valence-electron chi connectivity index (χ0n) is 24.2. The van der Waals surface area contributed by atoms with Crippen LogP contribution in [-0.2, 0) is 31.6 Å². The fourth-order valence-electron chi connectivity index (χ4n) is 4.99. The molecule has 0 N–H and O–H groups in total. The Kier molecular flexibility index (Phi) is 9.29. The molecule has 1 aromatic heterocycles. The summed E-state index contributed by atoms with van der Waals surface area (Å²) < 4.78 is 68.1. The predicted octanol–water partition coefficient (Wildman–Crippen LogP) is 6.92. The van der Waals surface area contributed by atoms with Gasteiger partial charge in [0.25, 0.3) is 0 Å². The van der Waals surface area contributed by atoms with Crippen LogP contribution in [0, 0.1) is 0 Å².